The van der Waals surface area contributed by atoms with Gasteiger partial charge in [-0.3, -0.25) is 19.1 Å². The van der Waals surface area contributed by atoms with Crippen molar-refractivity contribution < 1.29 is 33.2 Å². The number of nitriles is 1. The third-order valence-electron chi connectivity index (χ3n) is 10.7. The van der Waals surface area contributed by atoms with Crippen LogP contribution in [0.2, 0.25) is 0 Å². The summed E-state index contributed by atoms with van der Waals surface area (Å²) in [5.74, 6) is -2.60. The maximum atomic E-state index is 15.1. The Hall–Kier alpha value is -5.33. The first-order chi connectivity index (χ1) is 27.3. The van der Waals surface area contributed by atoms with Crippen LogP contribution in [0.5, 0.6) is 11.5 Å². The molecule has 0 saturated carbocycles. The molecule has 0 N–H and O–H groups in total. The lowest BCUT2D eigenvalue weighted by atomic mass is 9.79. The normalized spacial score (nSPS) is 15.4. The van der Waals surface area contributed by atoms with Gasteiger partial charge >= 0.3 is 0 Å². The minimum atomic E-state index is -3.17. The van der Waals surface area contributed by atoms with Gasteiger partial charge in [0, 0.05) is 47.9 Å². The maximum absolute atomic E-state index is 15.1. The highest BCUT2D eigenvalue weighted by molar-refractivity contribution is 7.62. The van der Waals surface area contributed by atoms with Crippen molar-refractivity contribution in [2.45, 2.75) is 58.0 Å². The minimum Gasteiger partial charge on any atom is -0.497 e. The number of nitrogens with zero attached hydrogens (tertiary/aromatic N) is 3. The van der Waals surface area contributed by atoms with E-state index in [4.69, 9.17) is 14.2 Å². The number of imide groups is 3. The molecule has 4 aromatic carbocycles. The van der Waals surface area contributed by atoms with E-state index in [9.17, 15) is 19.6 Å². The molecule has 0 aliphatic carbocycles. The van der Waals surface area contributed by atoms with Crippen LogP contribution in [0.4, 0.5) is 0 Å². The topological polar surface area (TPSA) is 126 Å². The number of amides is 3. The Morgan fingerprint density at radius 2 is 1.30 bits per heavy atom. The van der Waals surface area contributed by atoms with Crippen molar-refractivity contribution in [2.24, 2.45) is 11.8 Å². The summed E-state index contributed by atoms with van der Waals surface area (Å²) >= 11 is 0. The van der Waals surface area contributed by atoms with Gasteiger partial charge in [-0.25, -0.2) is 4.90 Å². The van der Waals surface area contributed by atoms with Gasteiger partial charge in [0.1, 0.15) is 17.1 Å². The van der Waals surface area contributed by atoms with Gasteiger partial charge < -0.3 is 18.8 Å². The monoisotopic (exact) mass is 789 g/mol. The highest BCUT2D eigenvalue weighted by Crippen LogP contribution is 2.58. The molecular weight excluding hydrogens is 737 g/mol. The smallest absolute Gasteiger partial charge is 0.267 e. The molecule has 1 aliphatic rings. The van der Waals surface area contributed by atoms with Gasteiger partial charge in [-0.1, -0.05) is 107 Å². The number of ether oxygens (including phenoxy) is 3. The third-order valence-corrected chi connectivity index (χ3v) is 15.0. The van der Waals surface area contributed by atoms with Gasteiger partial charge in [0.05, 0.1) is 32.8 Å². The molecule has 0 fully saturated rings. The molecule has 298 valence electrons. The predicted molar refractivity (Wildman–Crippen MR) is 221 cm³/mol. The molecular formula is C46H52N3O7P. The second-order valence-electron chi connectivity index (χ2n) is 14.8. The van der Waals surface area contributed by atoms with Gasteiger partial charge in [-0.15, -0.1) is 0 Å². The van der Waals surface area contributed by atoms with Crippen LogP contribution in [-0.2, 0) is 24.5 Å². The van der Waals surface area contributed by atoms with Crippen molar-refractivity contribution in [2.75, 3.05) is 33.9 Å². The zero-order chi connectivity index (χ0) is 41.3. The zero-order valence-corrected chi connectivity index (χ0v) is 34.6. The first kappa shape index (κ1) is 42.8. The summed E-state index contributed by atoms with van der Waals surface area (Å²) in [5, 5.41) is 9.76. The van der Waals surface area contributed by atoms with E-state index < -0.39 is 42.5 Å². The quantitative estimate of drug-likeness (QED) is 0.0587. The van der Waals surface area contributed by atoms with Gasteiger partial charge in [-0.2, -0.15) is 5.26 Å². The summed E-state index contributed by atoms with van der Waals surface area (Å²) in [6.07, 6.45) is 1.71. The van der Waals surface area contributed by atoms with Crippen LogP contribution in [0, 0.1) is 23.2 Å². The number of benzene rings is 4. The molecule has 11 heteroatoms. The number of carbonyl (C=O) groups excluding carboxylic acids is 3. The lowest BCUT2D eigenvalue weighted by Gasteiger charge is -2.42. The Morgan fingerprint density at radius 3 is 1.77 bits per heavy atom. The van der Waals surface area contributed by atoms with E-state index in [1.807, 2.05) is 111 Å². The summed E-state index contributed by atoms with van der Waals surface area (Å²) in [6, 6.07) is 35.3. The van der Waals surface area contributed by atoms with E-state index in [1.54, 1.807) is 57.6 Å². The second-order valence-corrected chi connectivity index (χ2v) is 18.8. The molecule has 0 radical (unpaired) electrons. The SMILES string of the molecule is COc1ccc(C(OC[C@@H](CN(CCC#N)P(=O)(C(C)C)C(C)C)[C@H]2C=C(C)C(=O)N(C(=O)c3ccccc3)C2=O)(c2ccccc2)c2ccc(OC)cc2)cc1. The fraction of sp³-hybridized carbons (Fsp3) is 0.348. The molecule has 0 saturated heterocycles. The van der Waals surface area contributed by atoms with E-state index >= 15 is 4.57 Å². The van der Waals surface area contributed by atoms with E-state index in [1.165, 1.54) is 0 Å². The Morgan fingerprint density at radius 1 is 0.807 bits per heavy atom. The van der Waals surface area contributed by atoms with E-state index in [0.717, 1.165) is 21.6 Å². The highest BCUT2D eigenvalue weighted by Gasteiger charge is 2.46. The van der Waals surface area contributed by atoms with Crippen LogP contribution in [0.1, 0.15) is 68.1 Å². The summed E-state index contributed by atoms with van der Waals surface area (Å²) < 4.78 is 35.4. The van der Waals surface area contributed by atoms with Crippen LogP contribution in [0.3, 0.4) is 0 Å². The number of carbonyl (C=O) groups is 3. The summed E-state index contributed by atoms with van der Waals surface area (Å²) in [7, 11) is 0.0244. The third kappa shape index (κ3) is 8.82. The standard InChI is InChI=1S/C46H52N3O7P/c1-32(2)57(53,33(3)4)48(28-14-27-47)30-36(42-29-34(5)43(50)49(45(42)52)44(51)35-15-10-8-11-16-35)31-56-46(37-17-12-9-13-18-37,38-19-23-40(54-6)24-20-38)39-21-25-41(55-7)26-22-39/h8-13,15-26,29,32-33,36,42H,14,28,30-31H2,1-7H3/t36-,42-/m1/s1. The number of hydrogen-bond donors (Lipinski definition) is 0. The average Bonchev–Trinajstić information content (AvgIpc) is 3.23. The van der Waals surface area contributed by atoms with E-state index in [2.05, 4.69) is 6.07 Å². The van der Waals surface area contributed by atoms with Gasteiger partial charge in [0.15, 0.2) is 7.29 Å². The van der Waals surface area contributed by atoms with Crippen LogP contribution in [0.25, 0.3) is 0 Å². The fourth-order valence-electron chi connectivity index (χ4n) is 7.73. The largest absolute Gasteiger partial charge is 0.497 e. The van der Waals surface area contributed by atoms with Gasteiger partial charge in [-0.05, 0) is 60.0 Å². The molecule has 0 spiro atoms. The maximum Gasteiger partial charge on any atom is 0.267 e. The first-order valence-corrected chi connectivity index (χ1v) is 21.0. The van der Waals surface area contributed by atoms with Crippen LogP contribution >= 0.6 is 7.29 Å². The van der Waals surface area contributed by atoms with Crippen LogP contribution in [-0.4, -0.2) is 72.5 Å². The Balaban J connectivity index is 1.72. The number of methoxy groups -OCH3 is 2. The Bertz CT molecular complexity index is 2070. The summed E-state index contributed by atoms with van der Waals surface area (Å²) in [5.41, 5.74) is 0.971. The summed E-state index contributed by atoms with van der Waals surface area (Å²) in [6.45, 7) is 9.41. The molecule has 5 rings (SSSR count). The molecule has 10 nitrogen and oxygen atoms in total. The van der Waals surface area contributed by atoms with Gasteiger partial charge in [0.2, 0.25) is 5.91 Å². The van der Waals surface area contributed by atoms with Crippen molar-refractivity contribution in [3.05, 3.63) is 143 Å². The number of hydrogen-bond acceptors (Lipinski definition) is 8. The molecule has 1 heterocycles. The summed E-state index contributed by atoms with van der Waals surface area (Å²) in [4.78, 5) is 43.1. The molecule has 2 atom stereocenters. The molecule has 0 unspecified atom stereocenters. The second kappa shape index (κ2) is 18.7. The molecule has 4 aromatic rings. The van der Waals surface area contributed by atoms with Crippen molar-refractivity contribution in [1.82, 2.24) is 9.57 Å². The highest BCUT2D eigenvalue weighted by atomic mass is 31.2. The van der Waals surface area contributed by atoms with Crippen molar-refractivity contribution in [1.29, 1.82) is 5.26 Å². The lowest BCUT2D eigenvalue weighted by molar-refractivity contribution is -0.144. The molecule has 0 bridgehead atoms. The predicted octanol–water partition coefficient (Wildman–Crippen LogP) is 8.71. The molecule has 57 heavy (non-hydrogen) atoms. The first-order valence-electron chi connectivity index (χ1n) is 19.2. The van der Waals surface area contributed by atoms with Crippen molar-refractivity contribution >= 4 is 25.0 Å². The Labute approximate surface area is 336 Å². The van der Waals surface area contributed by atoms with Crippen LogP contribution in [0.15, 0.2) is 121 Å². The van der Waals surface area contributed by atoms with E-state index in [0.29, 0.717) is 11.5 Å². The van der Waals surface area contributed by atoms with Crippen molar-refractivity contribution in [3.63, 3.8) is 0 Å². The van der Waals surface area contributed by atoms with Crippen molar-refractivity contribution in [3.8, 4) is 17.6 Å². The molecule has 1 aliphatic heterocycles. The van der Waals surface area contributed by atoms with Crippen LogP contribution < -0.4 is 9.47 Å². The minimum absolute atomic E-state index is 0.0765. The lowest BCUT2D eigenvalue weighted by Crippen LogP contribution is -2.52. The van der Waals surface area contributed by atoms with Gasteiger partial charge in [0.25, 0.3) is 11.8 Å². The zero-order valence-electron chi connectivity index (χ0n) is 33.8. The average molecular weight is 790 g/mol. The van der Waals surface area contributed by atoms with E-state index in [-0.39, 0.29) is 48.6 Å². The molecule has 3 amide bonds. The fourth-order valence-corrected chi connectivity index (χ4v) is 11.1. The molecule has 0 aromatic heterocycles. The Kier molecular flexibility index (Phi) is 14.1. The number of rotatable bonds is 17.